The third-order valence-electron chi connectivity index (χ3n) is 1.44. The Kier molecular flexibility index (Phi) is 0.768. The molecule has 4 nitrogen and oxygen atoms in total. The van der Waals surface area contributed by atoms with Crippen LogP contribution < -0.4 is 5.22 Å². The van der Waals surface area contributed by atoms with Crippen molar-refractivity contribution in [3.8, 4) is 5.75 Å². The molecular formula is C6H5N3O. The Morgan fingerprint density at radius 3 is 3.10 bits per heavy atom. The molecule has 4 heteroatoms. The van der Waals surface area contributed by atoms with Crippen LogP contribution in [0.4, 0.5) is 0 Å². The molecule has 0 unspecified atom stereocenters. The van der Waals surface area contributed by atoms with Crippen LogP contribution in [0, 0.1) is 0 Å². The fourth-order valence-corrected chi connectivity index (χ4v) is 0.880. The lowest BCUT2D eigenvalue weighted by Gasteiger charge is -1.74. The van der Waals surface area contributed by atoms with Crippen LogP contribution in [0.25, 0.3) is 12.1 Å². The number of rotatable bonds is 0. The third kappa shape index (κ3) is 0.452. The third-order valence-corrected chi connectivity index (χ3v) is 1.44. The Hall–Kier alpha value is -1.58. The number of fused-ring (bicyclic) bond motifs is 1. The summed E-state index contributed by atoms with van der Waals surface area (Å²) < 4.78 is 1.48. The van der Waals surface area contributed by atoms with Crippen molar-refractivity contribution in [2.45, 2.75) is 0 Å². The van der Waals surface area contributed by atoms with E-state index >= 15 is 0 Å². The average Bonchev–Trinajstić information content (AvgIpc) is 2.41. The number of aromatic nitrogens is 3. The summed E-state index contributed by atoms with van der Waals surface area (Å²) in [5, 5.41) is 16.9. The lowest BCUT2D eigenvalue weighted by molar-refractivity contribution is 0.471. The van der Waals surface area contributed by atoms with Crippen LogP contribution in [-0.4, -0.2) is 19.9 Å². The van der Waals surface area contributed by atoms with Crippen molar-refractivity contribution in [1.29, 1.82) is 0 Å². The highest BCUT2D eigenvalue weighted by atomic mass is 16.3. The SMILES string of the molecule is C=c1c(O)cn2nncc12. The minimum absolute atomic E-state index is 0.157. The molecule has 0 aromatic carbocycles. The molecule has 0 radical (unpaired) electrons. The van der Waals surface area contributed by atoms with Crippen LogP contribution in [0.5, 0.6) is 5.75 Å². The van der Waals surface area contributed by atoms with Crippen molar-refractivity contribution in [2.75, 3.05) is 0 Å². The van der Waals surface area contributed by atoms with Crippen LogP contribution >= 0.6 is 0 Å². The van der Waals surface area contributed by atoms with Gasteiger partial charge in [0, 0.05) is 5.22 Å². The molecule has 0 saturated carbocycles. The minimum atomic E-state index is 0.157. The van der Waals surface area contributed by atoms with E-state index in [1.54, 1.807) is 6.20 Å². The molecule has 0 bridgehead atoms. The molecule has 2 heterocycles. The zero-order chi connectivity index (χ0) is 7.14. The Bertz CT molecular complexity index is 406. The quantitative estimate of drug-likeness (QED) is 0.533. The monoisotopic (exact) mass is 135 g/mol. The lowest BCUT2D eigenvalue weighted by Crippen LogP contribution is -1.91. The first kappa shape index (κ1) is 5.22. The molecule has 1 N–H and O–H groups in total. The molecule has 50 valence electrons. The van der Waals surface area contributed by atoms with Gasteiger partial charge >= 0.3 is 0 Å². The van der Waals surface area contributed by atoms with Crippen LogP contribution in [0.2, 0.25) is 0 Å². The topological polar surface area (TPSA) is 50.4 Å². The first-order valence-corrected chi connectivity index (χ1v) is 2.79. The van der Waals surface area contributed by atoms with E-state index in [1.165, 1.54) is 10.7 Å². The molecule has 2 aromatic heterocycles. The minimum Gasteiger partial charge on any atom is -0.506 e. The summed E-state index contributed by atoms with van der Waals surface area (Å²) in [6, 6.07) is 0. The maximum absolute atomic E-state index is 9.08. The van der Waals surface area contributed by atoms with E-state index < -0.39 is 0 Å². The van der Waals surface area contributed by atoms with Crippen molar-refractivity contribution >= 4 is 12.1 Å². The summed E-state index contributed by atoms with van der Waals surface area (Å²) in [4.78, 5) is 0. The maximum Gasteiger partial charge on any atom is 0.142 e. The average molecular weight is 135 g/mol. The molecule has 2 rings (SSSR count). The highest BCUT2D eigenvalue weighted by molar-refractivity contribution is 5.52. The lowest BCUT2D eigenvalue weighted by atomic mass is 10.4. The second-order valence-electron chi connectivity index (χ2n) is 2.06. The predicted molar refractivity (Wildman–Crippen MR) is 35.4 cm³/mol. The maximum atomic E-state index is 9.08. The fourth-order valence-electron chi connectivity index (χ4n) is 0.880. The van der Waals surface area contributed by atoms with Gasteiger partial charge in [0.15, 0.2) is 0 Å². The van der Waals surface area contributed by atoms with Gasteiger partial charge in [-0.2, -0.15) is 0 Å². The molecule has 0 aliphatic rings. The van der Waals surface area contributed by atoms with Gasteiger partial charge in [-0.1, -0.05) is 11.8 Å². The molecule has 0 aliphatic carbocycles. The molecule has 0 atom stereocenters. The van der Waals surface area contributed by atoms with E-state index in [4.69, 9.17) is 5.11 Å². The molecule has 2 aromatic rings. The van der Waals surface area contributed by atoms with E-state index in [0.29, 0.717) is 5.22 Å². The molecule has 0 saturated heterocycles. The largest absolute Gasteiger partial charge is 0.506 e. The van der Waals surface area contributed by atoms with E-state index in [-0.39, 0.29) is 5.75 Å². The second kappa shape index (κ2) is 1.47. The van der Waals surface area contributed by atoms with E-state index in [2.05, 4.69) is 16.9 Å². The van der Waals surface area contributed by atoms with Crippen molar-refractivity contribution < 1.29 is 5.11 Å². The number of nitrogens with zero attached hydrogens (tertiary/aromatic N) is 3. The van der Waals surface area contributed by atoms with Gasteiger partial charge in [0.2, 0.25) is 0 Å². The summed E-state index contributed by atoms with van der Waals surface area (Å²) in [6.45, 7) is 3.63. The van der Waals surface area contributed by atoms with Gasteiger partial charge in [0.1, 0.15) is 5.75 Å². The Balaban J connectivity index is 3.09. The van der Waals surface area contributed by atoms with Gasteiger partial charge in [0.25, 0.3) is 0 Å². The van der Waals surface area contributed by atoms with Crippen molar-refractivity contribution in [3.63, 3.8) is 0 Å². The summed E-state index contributed by atoms with van der Waals surface area (Å²) in [7, 11) is 0. The van der Waals surface area contributed by atoms with Gasteiger partial charge in [-0.05, 0) is 0 Å². The Labute approximate surface area is 56.4 Å². The van der Waals surface area contributed by atoms with Gasteiger partial charge in [-0.15, -0.1) is 5.10 Å². The van der Waals surface area contributed by atoms with Gasteiger partial charge in [-0.25, -0.2) is 4.52 Å². The van der Waals surface area contributed by atoms with Gasteiger partial charge < -0.3 is 5.11 Å². The predicted octanol–water partition coefficient (Wildman–Crippen LogP) is -0.436. The normalized spacial score (nSPS) is 10.8. The fraction of sp³-hybridized carbons (Fsp3) is 0. The zero-order valence-electron chi connectivity index (χ0n) is 5.15. The molecular weight excluding hydrogens is 130 g/mol. The Morgan fingerprint density at radius 1 is 1.60 bits per heavy atom. The van der Waals surface area contributed by atoms with Crippen LogP contribution in [-0.2, 0) is 0 Å². The number of hydrogen-bond acceptors (Lipinski definition) is 3. The van der Waals surface area contributed by atoms with Crippen LogP contribution in [0.1, 0.15) is 0 Å². The first-order valence-electron chi connectivity index (χ1n) is 2.79. The zero-order valence-corrected chi connectivity index (χ0v) is 5.15. The number of aromatic hydroxyl groups is 1. The van der Waals surface area contributed by atoms with Crippen molar-refractivity contribution in [3.05, 3.63) is 17.6 Å². The van der Waals surface area contributed by atoms with Crippen molar-refractivity contribution in [2.24, 2.45) is 0 Å². The molecule has 0 amide bonds. The smallest absolute Gasteiger partial charge is 0.142 e. The molecule has 10 heavy (non-hydrogen) atoms. The number of hydrogen-bond donors (Lipinski definition) is 1. The summed E-state index contributed by atoms with van der Waals surface area (Å²) in [5.74, 6) is 0.157. The van der Waals surface area contributed by atoms with Gasteiger partial charge in [0.05, 0.1) is 17.9 Å². The van der Waals surface area contributed by atoms with E-state index in [9.17, 15) is 0 Å². The van der Waals surface area contributed by atoms with E-state index in [0.717, 1.165) is 5.52 Å². The second-order valence-corrected chi connectivity index (χ2v) is 2.06. The summed E-state index contributed by atoms with van der Waals surface area (Å²) in [6.07, 6.45) is 3.03. The van der Waals surface area contributed by atoms with Gasteiger partial charge in [-0.3, -0.25) is 0 Å². The highest BCUT2D eigenvalue weighted by Crippen LogP contribution is 2.03. The summed E-state index contributed by atoms with van der Waals surface area (Å²) in [5.41, 5.74) is 0.748. The highest BCUT2D eigenvalue weighted by Gasteiger charge is 2.01. The first-order chi connectivity index (χ1) is 4.79. The van der Waals surface area contributed by atoms with Crippen LogP contribution in [0.3, 0.4) is 0 Å². The molecule has 0 fully saturated rings. The van der Waals surface area contributed by atoms with Crippen LogP contribution in [0.15, 0.2) is 12.4 Å². The summed E-state index contributed by atoms with van der Waals surface area (Å²) >= 11 is 0. The van der Waals surface area contributed by atoms with E-state index in [1.807, 2.05) is 0 Å². The van der Waals surface area contributed by atoms with Crippen molar-refractivity contribution in [1.82, 2.24) is 14.8 Å². The Morgan fingerprint density at radius 2 is 2.40 bits per heavy atom. The molecule has 0 aliphatic heterocycles. The molecule has 0 spiro atoms. The standard InChI is InChI=1S/C6H5N3O/c1-4-5-2-7-8-9(5)3-6(4)10/h2-3,10H,1H2.